The number of unbranched alkanes of at least 4 members (excludes halogenated alkanes) is 26. The van der Waals surface area contributed by atoms with Crippen molar-refractivity contribution in [3.05, 3.63) is 0 Å². The molecule has 0 aliphatic rings. The van der Waals surface area contributed by atoms with Crippen molar-refractivity contribution in [3.63, 3.8) is 0 Å². The van der Waals surface area contributed by atoms with Crippen LogP contribution in [0.4, 0.5) is 0 Å². The maximum atomic E-state index is 12.8. The Balaban J connectivity index is 4.30. The third kappa shape index (κ3) is 43.8. The zero-order chi connectivity index (χ0) is 42.0. The predicted octanol–water partition coefficient (Wildman–Crippen LogP) is 16.0. The van der Waals surface area contributed by atoms with Crippen LogP contribution in [0.5, 0.6) is 0 Å². The summed E-state index contributed by atoms with van der Waals surface area (Å²) >= 11 is 0. The van der Waals surface area contributed by atoms with Gasteiger partial charge in [-0.25, -0.2) is 0 Å². The Bertz CT molecular complexity index is 885. The van der Waals surface area contributed by atoms with Crippen LogP contribution in [-0.2, 0) is 28.6 Å². The van der Waals surface area contributed by atoms with Gasteiger partial charge in [0.1, 0.15) is 13.2 Å². The van der Waals surface area contributed by atoms with E-state index in [1.165, 1.54) is 154 Å². The predicted molar refractivity (Wildman–Crippen MR) is 243 cm³/mol. The SMILES string of the molecule is CCC(C)CCCCCCCCCCC(=O)OC[C@@H](COC(=O)CCCCCCCCCC(C)C)OC(=O)CCCCCCCCCCCCCCCCC(C)C. The molecule has 0 bridgehead atoms. The van der Waals surface area contributed by atoms with Gasteiger partial charge < -0.3 is 14.2 Å². The molecule has 0 amide bonds. The van der Waals surface area contributed by atoms with E-state index >= 15 is 0 Å². The largest absolute Gasteiger partial charge is 0.462 e. The topological polar surface area (TPSA) is 78.9 Å². The lowest BCUT2D eigenvalue weighted by atomic mass is 9.99. The van der Waals surface area contributed by atoms with Gasteiger partial charge in [0.05, 0.1) is 0 Å². The van der Waals surface area contributed by atoms with Gasteiger partial charge in [-0.1, -0.05) is 234 Å². The first-order chi connectivity index (χ1) is 27.6. The molecule has 0 aromatic rings. The van der Waals surface area contributed by atoms with Crippen molar-refractivity contribution in [2.24, 2.45) is 17.8 Å². The van der Waals surface area contributed by atoms with E-state index in [9.17, 15) is 14.4 Å². The van der Waals surface area contributed by atoms with E-state index < -0.39 is 6.10 Å². The quantitative estimate of drug-likeness (QED) is 0.0347. The maximum Gasteiger partial charge on any atom is 0.306 e. The molecule has 0 aromatic carbocycles. The number of esters is 3. The molecule has 338 valence electrons. The van der Waals surface area contributed by atoms with Crippen LogP contribution >= 0.6 is 0 Å². The zero-order valence-electron chi connectivity index (χ0n) is 39.1. The van der Waals surface area contributed by atoms with Crippen molar-refractivity contribution in [1.29, 1.82) is 0 Å². The smallest absolute Gasteiger partial charge is 0.306 e. The molecule has 0 radical (unpaired) electrons. The van der Waals surface area contributed by atoms with Gasteiger partial charge in [0.25, 0.3) is 0 Å². The lowest BCUT2D eigenvalue weighted by Gasteiger charge is -2.18. The molecule has 0 spiro atoms. The summed E-state index contributed by atoms with van der Waals surface area (Å²) in [4.78, 5) is 37.8. The minimum absolute atomic E-state index is 0.0659. The molecular formula is C51H98O6. The van der Waals surface area contributed by atoms with Gasteiger partial charge >= 0.3 is 17.9 Å². The van der Waals surface area contributed by atoms with Crippen molar-refractivity contribution in [2.45, 2.75) is 279 Å². The standard InChI is InChI=1S/C51H98O6/c1-7-47(6)39-33-27-21-16-17-22-28-34-40-49(52)55-43-48(44-56-50(53)41-35-29-24-18-20-26-32-38-46(4)5)57-51(54)42-36-30-23-15-13-11-9-8-10-12-14-19-25-31-37-45(2)3/h45-48H,7-44H2,1-6H3/t47?,48-/m0/s1. The van der Waals surface area contributed by atoms with E-state index in [0.717, 1.165) is 75.5 Å². The van der Waals surface area contributed by atoms with E-state index in [-0.39, 0.29) is 31.1 Å². The molecule has 57 heavy (non-hydrogen) atoms. The number of ether oxygens (including phenoxy) is 3. The van der Waals surface area contributed by atoms with Gasteiger partial charge in [0.15, 0.2) is 6.10 Å². The van der Waals surface area contributed by atoms with Gasteiger partial charge in [0.2, 0.25) is 0 Å². The second-order valence-corrected chi connectivity index (χ2v) is 18.6. The third-order valence-electron chi connectivity index (χ3n) is 11.8. The molecule has 0 rings (SSSR count). The van der Waals surface area contributed by atoms with Crippen LogP contribution in [0.25, 0.3) is 0 Å². The fraction of sp³-hybridized carbons (Fsp3) is 0.941. The van der Waals surface area contributed by atoms with E-state index in [1.54, 1.807) is 0 Å². The first kappa shape index (κ1) is 55.4. The van der Waals surface area contributed by atoms with Crippen LogP contribution in [0.1, 0.15) is 273 Å². The molecule has 0 N–H and O–H groups in total. The normalized spacial score (nSPS) is 12.6. The summed E-state index contributed by atoms with van der Waals surface area (Å²) in [5.41, 5.74) is 0. The highest BCUT2D eigenvalue weighted by Crippen LogP contribution is 2.18. The summed E-state index contributed by atoms with van der Waals surface area (Å²) in [5, 5.41) is 0. The molecular weight excluding hydrogens is 709 g/mol. The molecule has 1 unspecified atom stereocenters. The monoisotopic (exact) mass is 807 g/mol. The second kappa shape index (κ2) is 42.5. The Morgan fingerprint density at radius 3 is 0.912 bits per heavy atom. The molecule has 6 nitrogen and oxygen atoms in total. The minimum Gasteiger partial charge on any atom is -0.462 e. The van der Waals surface area contributed by atoms with Gasteiger partial charge in [0, 0.05) is 19.3 Å². The second-order valence-electron chi connectivity index (χ2n) is 18.6. The van der Waals surface area contributed by atoms with Crippen LogP contribution in [-0.4, -0.2) is 37.2 Å². The molecule has 2 atom stereocenters. The average molecular weight is 807 g/mol. The van der Waals surface area contributed by atoms with E-state index in [1.807, 2.05) is 0 Å². The Morgan fingerprint density at radius 1 is 0.351 bits per heavy atom. The van der Waals surface area contributed by atoms with Gasteiger partial charge in [-0.2, -0.15) is 0 Å². The Hall–Kier alpha value is -1.59. The molecule has 0 aliphatic carbocycles. The third-order valence-corrected chi connectivity index (χ3v) is 11.8. The number of carbonyl (C=O) groups excluding carboxylic acids is 3. The molecule has 0 saturated heterocycles. The first-order valence-electron chi connectivity index (χ1n) is 25.1. The Kier molecular flexibility index (Phi) is 41.3. The lowest BCUT2D eigenvalue weighted by Crippen LogP contribution is -2.30. The van der Waals surface area contributed by atoms with Gasteiger partial charge in [-0.15, -0.1) is 0 Å². The van der Waals surface area contributed by atoms with Crippen LogP contribution in [0, 0.1) is 17.8 Å². The van der Waals surface area contributed by atoms with E-state index in [2.05, 4.69) is 41.5 Å². The molecule has 0 aromatic heterocycles. The zero-order valence-corrected chi connectivity index (χ0v) is 39.1. The highest BCUT2D eigenvalue weighted by molar-refractivity contribution is 5.71. The fourth-order valence-electron chi connectivity index (χ4n) is 7.55. The molecule has 0 saturated carbocycles. The van der Waals surface area contributed by atoms with Crippen molar-refractivity contribution < 1.29 is 28.6 Å². The summed E-state index contributed by atoms with van der Waals surface area (Å²) < 4.78 is 16.8. The highest BCUT2D eigenvalue weighted by atomic mass is 16.6. The summed E-state index contributed by atoms with van der Waals surface area (Å²) in [7, 11) is 0. The Morgan fingerprint density at radius 2 is 0.614 bits per heavy atom. The van der Waals surface area contributed by atoms with Crippen molar-refractivity contribution in [2.75, 3.05) is 13.2 Å². The summed E-state index contributed by atoms with van der Waals surface area (Å²) in [6.45, 7) is 13.7. The summed E-state index contributed by atoms with van der Waals surface area (Å²) in [5.74, 6) is 1.61. The van der Waals surface area contributed by atoms with E-state index in [0.29, 0.717) is 19.3 Å². The molecule has 0 aliphatic heterocycles. The van der Waals surface area contributed by atoms with Crippen LogP contribution in [0.2, 0.25) is 0 Å². The first-order valence-corrected chi connectivity index (χ1v) is 25.1. The van der Waals surface area contributed by atoms with Crippen molar-refractivity contribution in [1.82, 2.24) is 0 Å². The lowest BCUT2D eigenvalue weighted by molar-refractivity contribution is -0.167. The fourth-order valence-corrected chi connectivity index (χ4v) is 7.55. The number of hydrogen-bond donors (Lipinski definition) is 0. The van der Waals surface area contributed by atoms with Crippen molar-refractivity contribution in [3.8, 4) is 0 Å². The number of carbonyl (C=O) groups is 3. The summed E-state index contributed by atoms with van der Waals surface area (Å²) in [6.07, 6.45) is 40.9. The summed E-state index contributed by atoms with van der Waals surface area (Å²) in [6, 6.07) is 0. The van der Waals surface area contributed by atoms with Gasteiger partial charge in [-0.05, 0) is 37.0 Å². The molecule has 0 heterocycles. The number of hydrogen-bond acceptors (Lipinski definition) is 6. The van der Waals surface area contributed by atoms with E-state index in [4.69, 9.17) is 14.2 Å². The van der Waals surface area contributed by atoms with Crippen LogP contribution in [0.3, 0.4) is 0 Å². The number of rotatable bonds is 44. The molecule has 0 fully saturated rings. The highest BCUT2D eigenvalue weighted by Gasteiger charge is 2.19. The van der Waals surface area contributed by atoms with Crippen LogP contribution < -0.4 is 0 Å². The van der Waals surface area contributed by atoms with Gasteiger partial charge in [-0.3, -0.25) is 14.4 Å². The maximum absolute atomic E-state index is 12.8. The van der Waals surface area contributed by atoms with Crippen LogP contribution in [0.15, 0.2) is 0 Å². The molecule has 6 heteroatoms. The Labute approximate surface area is 355 Å². The minimum atomic E-state index is -0.763. The average Bonchev–Trinajstić information content (AvgIpc) is 3.18. The van der Waals surface area contributed by atoms with Crippen molar-refractivity contribution >= 4 is 17.9 Å².